The number of nitrogens with one attached hydrogen (secondary N) is 2. The van der Waals surface area contributed by atoms with Gasteiger partial charge in [-0.1, -0.05) is 6.07 Å². The molecule has 0 saturated heterocycles. The van der Waals surface area contributed by atoms with Crippen molar-refractivity contribution < 1.29 is 19.8 Å². The number of carbonyl (C=O) groups is 2. The van der Waals surface area contributed by atoms with Crippen LogP contribution in [0.2, 0.25) is 0 Å². The van der Waals surface area contributed by atoms with Gasteiger partial charge in [-0.2, -0.15) is 0 Å². The summed E-state index contributed by atoms with van der Waals surface area (Å²) in [6.45, 7) is -0.408. The molecule has 0 radical (unpaired) electrons. The Kier molecular flexibility index (Phi) is 4.04. The van der Waals surface area contributed by atoms with E-state index >= 15 is 0 Å². The van der Waals surface area contributed by atoms with Crippen molar-refractivity contribution in [2.24, 2.45) is 0 Å². The minimum absolute atomic E-state index is 0.215. The average molecular weight is 386 g/mol. The maximum absolute atomic E-state index is 13.0. The lowest BCUT2D eigenvalue weighted by atomic mass is 10.0. The number of thiazole rings is 1. The van der Waals surface area contributed by atoms with E-state index in [1.54, 1.807) is 29.9 Å². The fourth-order valence-electron chi connectivity index (χ4n) is 3.21. The van der Waals surface area contributed by atoms with Crippen molar-refractivity contribution in [3.63, 3.8) is 0 Å². The number of nitrogens with zero attached hydrogens (tertiary/aromatic N) is 2. The van der Waals surface area contributed by atoms with Crippen LogP contribution in [0.1, 0.15) is 21.3 Å². The molecule has 138 valence electrons. The highest BCUT2D eigenvalue weighted by Crippen LogP contribution is 2.37. The molecule has 3 aromatic rings. The molecule has 2 aromatic heterocycles. The summed E-state index contributed by atoms with van der Waals surface area (Å²) in [6.07, 6.45) is 1.71. The highest BCUT2D eigenvalue weighted by atomic mass is 32.1. The second kappa shape index (κ2) is 6.40. The number of rotatable bonds is 4. The van der Waals surface area contributed by atoms with Gasteiger partial charge in [-0.05, 0) is 12.1 Å². The zero-order valence-electron chi connectivity index (χ0n) is 13.8. The van der Waals surface area contributed by atoms with Crippen molar-refractivity contribution in [2.75, 3.05) is 11.9 Å². The smallest absolute Gasteiger partial charge is 0.322 e. The van der Waals surface area contributed by atoms with Crippen molar-refractivity contribution in [1.82, 2.24) is 14.9 Å². The van der Waals surface area contributed by atoms with Crippen LogP contribution in [0.25, 0.3) is 10.9 Å². The number of hydrogen-bond acceptors (Lipinski definition) is 7. The standard InChI is InChI=1S/C17H14N4O5S/c22-12(23)5-19-16(25)13-15(24)8-2-1-3-9-14(8)21(17(13)26)6-10(20-9)11-4-18-7-27-11/h1-4,7,10,20,24H,5-6H2,(H,19,25)(H,22,23). The van der Waals surface area contributed by atoms with Crippen molar-refractivity contribution in [3.8, 4) is 5.75 Å². The zero-order valence-corrected chi connectivity index (χ0v) is 14.6. The lowest BCUT2D eigenvalue weighted by molar-refractivity contribution is -0.135. The van der Waals surface area contributed by atoms with Gasteiger partial charge in [0, 0.05) is 16.5 Å². The summed E-state index contributed by atoms with van der Waals surface area (Å²) in [6, 6.07) is 4.88. The molecule has 1 amide bonds. The molecule has 9 nitrogen and oxygen atoms in total. The summed E-state index contributed by atoms with van der Waals surface area (Å²) in [7, 11) is 0. The number of benzene rings is 1. The Morgan fingerprint density at radius 2 is 2.22 bits per heavy atom. The summed E-state index contributed by atoms with van der Waals surface area (Å²) < 4.78 is 1.43. The summed E-state index contributed by atoms with van der Waals surface area (Å²) in [5, 5.41) is 25.1. The molecule has 0 saturated carbocycles. The van der Waals surface area contributed by atoms with Crippen LogP contribution in [0.4, 0.5) is 5.69 Å². The van der Waals surface area contributed by atoms with Crippen molar-refractivity contribution in [2.45, 2.75) is 12.6 Å². The van der Waals surface area contributed by atoms with Gasteiger partial charge in [-0.3, -0.25) is 19.4 Å². The van der Waals surface area contributed by atoms with E-state index in [2.05, 4.69) is 15.6 Å². The maximum Gasteiger partial charge on any atom is 0.322 e. The van der Waals surface area contributed by atoms with E-state index in [4.69, 9.17) is 5.11 Å². The van der Waals surface area contributed by atoms with Gasteiger partial charge in [-0.15, -0.1) is 11.3 Å². The van der Waals surface area contributed by atoms with Crippen molar-refractivity contribution in [1.29, 1.82) is 0 Å². The van der Waals surface area contributed by atoms with Crippen LogP contribution < -0.4 is 16.2 Å². The molecule has 1 aromatic carbocycles. The third kappa shape index (κ3) is 2.79. The lowest BCUT2D eigenvalue weighted by Crippen LogP contribution is -2.38. The van der Waals surface area contributed by atoms with Crippen LogP contribution in [-0.4, -0.2) is 38.2 Å². The predicted octanol–water partition coefficient (Wildman–Crippen LogP) is 1.14. The number of carboxylic acids is 1. The minimum Gasteiger partial charge on any atom is -0.506 e. The number of carbonyl (C=O) groups excluding carboxylic acids is 1. The largest absolute Gasteiger partial charge is 0.506 e. The van der Waals surface area contributed by atoms with E-state index < -0.39 is 35.3 Å². The fraction of sp³-hybridized carbons (Fsp3) is 0.176. The highest BCUT2D eigenvalue weighted by molar-refractivity contribution is 7.09. The lowest BCUT2D eigenvalue weighted by Gasteiger charge is -2.28. The zero-order chi connectivity index (χ0) is 19.1. The van der Waals surface area contributed by atoms with Gasteiger partial charge in [-0.25, -0.2) is 0 Å². The fourth-order valence-corrected chi connectivity index (χ4v) is 3.88. The molecule has 1 atom stereocenters. The van der Waals surface area contributed by atoms with E-state index in [0.717, 1.165) is 4.88 Å². The van der Waals surface area contributed by atoms with E-state index in [9.17, 15) is 19.5 Å². The van der Waals surface area contributed by atoms with Crippen LogP contribution in [0.3, 0.4) is 0 Å². The topological polar surface area (TPSA) is 134 Å². The monoisotopic (exact) mass is 386 g/mol. The summed E-state index contributed by atoms with van der Waals surface area (Å²) in [5.41, 5.74) is 1.70. The SMILES string of the molecule is O=C(O)CNC(=O)c1c(O)c2cccc3c2n(c1=O)CC(c1cncs1)N3. The van der Waals surface area contributed by atoms with Gasteiger partial charge < -0.3 is 25.4 Å². The Bertz CT molecular complexity index is 1120. The minimum atomic E-state index is -1.25. The molecule has 10 heteroatoms. The Morgan fingerprint density at radius 1 is 1.41 bits per heavy atom. The molecule has 4 rings (SSSR count). The van der Waals surface area contributed by atoms with Crippen LogP contribution in [0.15, 0.2) is 34.7 Å². The third-order valence-corrected chi connectivity index (χ3v) is 5.26. The molecule has 0 aliphatic carbocycles. The van der Waals surface area contributed by atoms with Crippen LogP contribution in [0, 0.1) is 0 Å². The van der Waals surface area contributed by atoms with Gasteiger partial charge in [0.25, 0.3) is 11.5 Å². The van der Waals surface area contributed by atoms with Gasteiger partial charge in [0.15, 0.2) is 0 Å². The van der Waals surface area contributed by atoms with E-state index in [1.807, 2.05) is 0 Å². The number of anilines is 1. The second-order valence-corrected chi connectivity index (χ2v) is 6.94. The Labute approximate surface area is 155 Å². The number of aromatic hydroxyl groups is 1. The van der Waals surface area contributed by atoms with Gasteiger partial charge >= 0.3 is 5.97 Å². The first-order valence-corrected chi connectivity index (χ1v) is 8.88. The summed E-state index contributed by atoms with van der Waals surface area (Å²) in [4.78, 5) is 41.0. The normalized spacial score (nSPS) is 15.3. The summed E-state index contributed by atoms with van der Waals surface area (Å²) in [5.74, 6) is -2.64. The molecule has 4 N–H and O–H groups in total. The molecule has 27 heavy (non-hydrogen) atoms. The maximum atomic E-state index is 13.0. The second-order valence-electron chi connectivity index (χ2n) is 6.02. The molecule has 1 aliphatic rings. The third-order valence-electron chi connectivity index (χ3n) is 4.37. The number of hydrogen-bond donors (Lipinski definition) is 4. The molecule has 1 aliphatic heterocycles. The van der Waals surface area contributed by atoms with Gasteiger partial charge in [0.1, 0.15) is 17.9 Å². The molecule has 0 fully saturated rings. The Morgan fingerprint density at radius 3 is 2.93 bits per heavy atom. The Hall–Kier alpha value is -3.40. The number of amides is 1. The van der Waals surface area contributed by atoms with Crippen molar-refractivity contribution in [3.05, 3.63) is 50.7 Å². The molecule has 1 unspecified atom stereocenters. The quantitative estimate of drug-likeness (QED) is 0.528. The van der Waals surface area contributed by atoms with E-state index in [0.29, 0.717) is 16.6 Å². The number of aliphatic carboxylic acids is 1. The number of aromatic nitrogens is 2. The van der Waals surface area contributed by atoms with Crippen LogP contribution in [-0.2, 0) is 11.3 Å². The molecule has 0 spiro atoms. The molecular weight excluding hydrogens is 372 g/mol. The van der Waals surface area contributed by atoms with E-state index in [1.165, 1.54) is 15.9 Å². The predicted molar refractivity (Wildman–Crippen MR) is 98.3 cm³/mol. The van der Waals surface area contributed by atoms with E-state index in [-0.39, 0.29) is 12.6 Å². The first-order chi connectivity index (χ1) is 13.0. The van der Waals surface area contributed by atoms with Crippen molar-refractivity contribution >= 4 is 39.8 Å². The Balaban J connectivity index is 1.88. The average Bonchev–Trinajstić information content (AvgIpc) is 3.18. The first kappa shape index (κ1) is 17.0. The first-order valence-electron chi connectivity index (χ1n) is 8.00. The summed E-state index contributed by atoms with van der Waals surface area (Å²) >= 11 is 1.44. The van der Waals surface area contributed by atoms with Gasteiger partial charge in [0.2, 0.25) is 0 Å². The molecule has 3 heterocycles. The highest BCUT2D eigenvalue weighted by Gasteiger charge is 2.29. The van der Waals surface area contributed by atoms with Gasteiger partial charge in [0.05, 0.1) is 29.3 Å². The van der Waals surface area contributed by atoms with Crippen LogP contribution >= 0.6 is 11.3 Å². The number of carboxylic acid groups (broad SMARTS) is 1. The molecule has 0 bridgehead atoms. The molecular formula is C17H14N4O5S. The van der Waals surface area contributed by atoms with Crippen LogP contribution in [0.5, 0.6) is 5.75 Å². The number of para-hydroxylation sites is 1. The number of pyridine rings is 1.